The third-order valence-corrected chi connectivity index (χ3v) is 7.41. The summed E-state index contributed by atoms with van der Waals surface area (Å²) in [7, 11) is -3.24. The van der Waals surface area contributed by atoms with Gasteiger partial charge in [-0.25, -0.2) is 8.42 Å². The smallest absolute Gasteiger partial charge is 0.244 e. The number of benzene rings is 3. The third-order valence-electron chi connectivity index (χ3n) is 6.29. The van der Waals surface area contributed by atoms with Crippen LogP contribution in [0, 0.1) is 0 Å². The van der Waals surface area contributed by atoms with Gasteiger partial charge in [-0.05, 0) is 35.4 Å². The van der Waals surface area contributed by atoms with Crippen LogP contribution in [0.15, 0.2) is 83.8 Å². The van der Waals surface area contributed by atoms with E-state index in [9.17, 15) is 13.2 Å². The lowest BCUT2D eigenvalue weighted by Gasteiger charge is -2.32. The van der Waals surface area contributed by atoms with Crippen molar-refractivity contribution in [2.24, 2.45) is 0 Å². The summed E-state index contributed by atoms with van der Waals surface area (Å²) in [5.74, 6) is 0.787. The molecule has 2 atom stereocenters. The number of nitrogens with zero attached hydrogens (tertiary/aromatic N) is 2. The first-order chi connectivity index (χ1) is 15.9. The fourth-order valence-corrected chi connectivity index (χ4v) is 5.27. The number of hydrogen-bond acceptors (Lipinski definition) is 5. The van der Waals surface area contributed by atoms with Crippen molar-refractivity contribution in [1.29, 1.82) is 0 Å². The van der Waals surface area contributed by atoms with Crippen LogP contribution in [0.3, 0.4) is 0 Å². The van der Waals surface area contributed by atoms with Crippen molar-refractivity contribution in [1.82, 2.24) is 4.90 Å². The Morgan fingerprint density at radius 3 is 2.27 bits per heavy atom. The van der Waals surface area contributed by atoms with Gasteiger partial charge in [0, 0.05) is 25.8 Å². The molecule has 0 aliphatic carbocycles. The SMILES string of the molecule is CS(=O)(=O)c1ccc(CN2C[C@@H]3C[C@H]2C(=O)N(Cc2ccccc2)c2ccccc2O3)cc1. The number of fused-ring (bicyclic) bond motifs is 3. The summed E-state index contributed by atoms with van der Waals surface area (Å²) in [6.07, 6.45) is 1.75. The van der Waals surface area contributed by atoms with E-state index in [1.165, 1.54) is 6.26 Å². The summed E-state index contributed by atoms with van der Waals surface area (Å²) in [5, 5.41) is 0. The van der Waals surface area contributed by atoms with Crippen molar-refractivity contribution >= 4 is 21.4 Å². The highest BCUT2D eigenvalue weighted by Gasteiger charge is 2.42. The molecule has 0 spiro atoms. The molecule has 5 rings (SSSR count). The summed E-state index contributed by atoms with van der Waals surface area (Å²) >= 11 is 0. The van der Waals surface area contributed by atoms with Gasteiger partial charge in [-0.3, -0.25) is 9.69 Å². The molecule has 3 aromatic carbocycles. The minimum absolute atomic E-state index is 0.0601. The predicted molar refractivity (Wildman–Crippen MR) is 127 cm³/mol. The molecule has 1 saturated heterocycles. The molecular formula is C26H26N2O4S. The Hall–Kier alpha value is -3.16. The van der Waals surface area contributed by atoms with Crippen LogP contribution >= 0.6 is 0 Å². The molecule has 170 valence electrons. The molecule has 33 heavy (non-hydrogen) atoms. The van der Waals surface area contributed by atoms with Crippen molar-refractivity contribution in [3.63, 3.8) is 0 Å². The number of carbonyl (C=O) groups is 1. The van der Waals surface area contributed by atoms with Crippen molar-refractivity contribution in [2.75, 3.05) is 17.7 Å². The fraction of sp³-hybridized carbons (Fsp3) is 0.269. The molecule has 0 unspecified atom stereocenters. The number of ether oxygens (including phenoxy) is 1. The Bertz CT molecular complexity index is 1260. The summed E-state index contributed by atoms with van der Waals surface area (Å²) in [4.78, 5) is 18.1. The van der Waals surface area contributed by atoms with Crippen LogP contribution in [0.5, 0.6) is 5.75 Å². The van der Waals surface area contributed by atoms with Gasteiger partial charge in [-0.1, -0.05) is 54.6 Å². The number of rotatable bonds is 5. The molecule has 0 radical (unpaired) electrons. The Morgan fingerprint density at radius 1 is 0.879 bits per heavy atom. The molecule has 1 fully saturated rings. The zero-order chi connectivity index (χ0) is 23.0. The Morgan fingerprint density at radius 2 is 1.55 bits per heavy atom. The number of hydrogen-bond donors (Lipinski definition) is 0. The van der Waals surface area contributed by atoms with Crippen molar-refractivity contribution in [3.05, 3.63) is 90.0 Å². The van der Waals surface area contributed by atoms with Gasteiger partial charge in [0.1, 0.15) is 11.9 Å². The molecule has 2 bridgehead atoms. The summed E-state index contributed by atoms with van der Waals surface area (Å²) in [5.41, 5.74) is 2.81. The van der Waals surface area contributed by atoms with E-state index in [-0.39, 0.29) is 18.1 Å². The second-order valence-electron chi connectivity index (χ2n) is 8.71. The van der Waals surface area contributed by atoms with Gasteiger partial charge in [0.2, 0.25) is 5.91 Å². The molecular weight excluding hydrogens is 436 g/mol. The van der Waals surface area contributed by atoms with E-state index in [1.807, 2.05) is 71.6 Å². The number of sulfone groups is 1. The van der Waals surface area contributed by atoms with E-state index < -0.39 is 9.84 Å². The minimum atomic E-state index is -3.24. The van der Waals surface area contributed by atoms with Crippen LogP contribution < -0.4 is 9.64 Å². The van der Waals surface area contributed by atoms with Gasteiger partial charge in [-0.15, -0.1) is 0 Å². The van der Waals surface area contributed by atoms with Crippen LogP contribution in [0.2, 0.25) is 0 Å². The molecule has 2 aliphatic rings. The second-order valence-corrected chi connectivity index (χ2v) is 10.7. The van der Waals surface area contributed by atoms with Crippen molar-refractivity contribution < 1.29 is 17.9 Å². The molecule has 6 nitrogen and oxygen atoms in total. The Balaban J connectivity index is 1.44. The lowest BCUT2D eigenvalue weighted by molar-refractivity contribution is -0.123. The van der Waals surface area contributed by atoms with E-state index in [1.54, 1.807) is 12.1 Å². The first kappa shape index (κ1) is 21.7. The summed E-state index contributed by atoms with van der Waals surface area (Å²) in [6.45, 7) is 1.66. The molecule has 1 amide bonds. The number of likely N-dealkylation sites (tertiary alicyclic amines) is 1. The average Bonchev–Trinajstić information content (AvgIpc) is 3.20. The number of para-hydroxylation sites is 2. The van der Waals surface area contributed by atoms with Gasteiger partial charge in [0.25, 0.3) is 0 Å². The number of carbonyl (C=O) groups excluding carboxylic acids is 1. The van der Waals surface area contributed by atoms with Gasteiger partial charge in [0.05, 0.1) is 23.2 Å². The van der Waals surface area contributed by atoms with Gasteiger partial charge in [-0.2, -0.15) is 0 Å². The summed E-state index contributed by atoms with van der Waals surface area (Å²) in [6, 6.07) is 24.3. The lowest BCUT2D eigenvalue weighted by Crippen LogP contribution is -2.45. The molecule has 2 heterocycles. The van der Waals surface area contributed by atoms with E-state index in [2.05, 4.69) is 4.90 Å². The van der Waals surface area contributed by atoms with Crippen molar-refractivity contribution in [2.45, 2.75) is 36.6 Å². The maximum Gasteiger partial charge on any atom is 0.244 e. The first-order valence-corrected chi connectivity index (χ1v) is 12.9. The van der Waals surface area contributed by atoms with E-state index in [0.29, 0.717) is 31.0 Å². The average molecular weight is 463 g/mol. The molecule has 0 aromatic heterocycles. The standard InChI is InChI=1S/C26H26N2O4S/c1-33(30,31)22-13-11-20(12-14-22)16-27-18-21-15-24(27)26(29)28(17-19-7-3-2-4-8-19)23-9-5-6-10-25(23)32-21/h2-14,21,24H,15-18H2,1H3/t21-,24-/m0/s1. The second kappa shape index (κ2) is 8.65. The van der Waals surface area contributed by atoms with Crippen LogP contribution in [0.1, 0.15) is 17.5 Å². The molecule has 2 aliphatic heterocycles. The molecule has 7 heteroatoms. The monoisotopic (exact) mass is 462 g/mol. The lowest BCUT2D eigenvalue weighted by atomic mass is 10.1. The fourth-order valence-electron chi connectivity index (χ4n) is 4.64. The van der Waals surface area contributed by atoms with Crippen molar-refractivity contribution in [3.8, 4) is 5.75 Å². The maximum absolute atomic E-state index is 13.9. The minimum Gasteiger partial charge on any atom is -0.487 e. The molecule has 0 N–H and O–H groups in total. The predicted octanol–water partition coefficient (Wildman–Crippen LogP) is 3.66. The molecule has 0 saturated carbocycles. The van der Waals surface area contributed by atoms with Crippen LogP contribution in [0.25, 0.3) is 0 Å². The third kappa shape index (κ3) is 4.51. The highest BCUT2D eigenvalue weighted by Crippen LogP contribution is 2.37. The van der Waals surface area contributed by atoms with E-state index >= 15 is 0 Å². The molecule has 3 aromatic rings. The van der Waals surface area contributed by atoms with Crippen LogP contribution in [-0.4, -0.2) is 44.2 Å². The highest BCUT2D eigenvalue weighted by molar-refractivity contribution is 7.90. The highest BCUT2D eigenvalue weighted by atomic mass is 32.2. The Kier molecular flexibility index (Phi) is 5.68. The van der Waals surface area contributed by atoms with Gasteiger partial charge in [0.15, 0.2) is 9.84 Å². The number of anilines is 1. The van der Waals surface area contributed by atoms with Crippen LogP contribution in [0.4, 0.5) is 5.69 Å². The quantitative estimate of drug-likeness (QED) is 0.579. The first-order valence-electron chi connectivity index (χ1n) is 11.0. The van der Waals surface area contributed by atoms with Gasteiger partial charge >= 0.3 is 0 Å². The zero-order valence-electron chi connectivity index (χ0n) is 18.4. The summed E-state index contributed by atoms with van der Waals surface area (Å²) < 4.78 is 29.9. The van der Waals surface area contributed by atoms with Crippen LogP contribution in [-0.2, 0) is 27.7 Å². The van der Waals surface area contributed by atoms with E-state index in [4.69, 9.17) is 4.74 Å². The van der Waals surface area contributed by atoms with Gasteiger partial charge < -0.3 is 9.64 Å². The largest absolute Gasteiger partial charge is 0.487 e. The normalized spacial score (nSPS) is 20.6. The Labute approximate surface area is 194 Å². The maximum atomic E-state index is 13.9. The van der Waals surface area contributed by atoms with E-state index in [0.717, 1.165) is 22.6 Å². The zero-order valence-corrected chi connectivity index (χ0v) is 19.2. The number of amides is 1. The topological polar surface area (TPSA) is 66.9 Å².